The fourth-order valence-corrected chi connectivity index (χ4v) is 5.01. The van der Waals surface area contributed by atoms with Gasteiger partial charge in [0, 0.05) is 43.5 Å². The molecule has 38 heavy (non-hydrogen) atoms. The Morgan fingerprint density at radius 3 is 2.32 bits per heavy atom. The minimum Gasteiger partial charge on any atom is -0.497 e. The van der Waals surface area contributed by atoms with Gasteiger partial charge in [0.2, 0.25) is 0 Å². The predicted octanol–water partition coefficient (Wildman–Crippen LogP) is 6.13. The van der Waals surface area contributed by atoms with Gasteiger partial charge in [0.25, 0.3) is 5.91 Å². The Bertz CT molecular complexity index is 1480. The summed E-state index contributed by atoms with van der Waals surface area (Å²) < 4.78 is 12.6. The van der Waals surface area contributed by atoms with Crippen LogP contribution in [0.4, 0.5) is 5.69 Å². The molecule has 1 amide bonds. The topological polar surface area (TPSA) is 59.8 Å². The lowest BCUT2D eigenvalue weighted by Crippen LogP contribution is -2.49. The summed E-state index contributed by atoms with van der Waals surface area (Å²) >= 11 is 12.5. The molecule has 196 valence electrons. The van der Waals surface area contributed by atoms with Crippen LogP contribution in [0.1, 0.15) is 16.1 Å². The zero-order valence-electron chi connectivity index (χ0n) is 21.4. The molecule has 0 spiro atoms. The van der Waals surface area contributed by atoms with Gasteiger partial charge in [-0.3, -0.25) is 4.79 Å². The Labute approximate surface area is 232 Å². The highest BCUT2D eigenvalue weighted by atomic mass is 35.5. The number of rotatable bonds is 6. The third-order valence-electron chi connectivity index (χ3n) is 6.78. The van der Waals surface area contributed by atoms with Crippen LogP contribution in [-0.2, 0) is 0 Å². The number of benzene rings is 3. The van der Waals surface area contributed by atoms with Crippen LogP contribution in [0, 0.1) is 6.92 Å². The maximum atomic E-state index is 13.9. The van der Waals surface area contributed by atoms with Crippen LogP contribution >= 0.6 is 23.2 Å². The molecule has 1 saturated heterocycles. The molecule has 1 aliphatic rings. The van der Waals surface area contributed by atoms with E-state index < -0.39 is 0 Å². The van der Waals surface area contributed by atoms with Gasteiger partial charge in [-0.1, -0.05) is 41.4 Å². The van der Waals surface area contributed by atoms with Crippen molar-refractivity contribution in [3.63, 3.8) is 0 Å². The molecule has 0 radical (unpaired) electrons. The molecule has 1 fully saturated rings. The van der Waals surface area contributed by atoms with Crippen molar-refractivity contribution in [3.05, 3.63) is 88.0 Å². The van der Waals surface area contributed by atoms with Crippen LogP contribution < -0.4 is 14.4 Å². The van der Waals surface area contributed by atoms with Gasteiger partial charge in [-0.25, -0.2) is 4.68 Å². The zero-order valence-corrected chi connectivity index (χ0v) is 23.0. The molecule has 0 N–H and O–H groups in total. The van der Waals surface area contributed by atoms with Crippen LogP contribution in [0.2, 0.25) is 10.0 Å². The number of anilines is 1. The van der Waals surface area contributed by atoms with Crippen LogP contribution in [0.25, 0.3) is 16.9 Å². The molecule has 0 bridgehead atoms. The minimum atomic E-state index is -0.105. The number of hydrogen-bond donors (Lipinski definition) is 0. The first-order valence-electron chi connectivity index (χ1n) is 12.3. The average molecular weight is 551 g/mol. The van der Waals surface area contributed by atoms with Crippen molar-refractivity contribution in [1.82, 2.24) is 14.7 Å². The summed E-state index contributed by atoms with van der Waals surface area (Å²) in [5.41, 5.74) is 4.83. The third-order valence-corrected chi connectivity index (χ3v) is 7.52. The van der Waals surface area contributed by atoms with Crippen molar-refractivity contribution < 1.29 is 14.3 Å². The number of para-hydroxylation sites is 1. The van der Waals surface area contributed by atoms with E-state index in [2.05, 4.69) is 24.0 Å². The van der Waals surface area contributed by atoms with Crippen molar-refractivity contribution in [2.75, 3.05) is 45.3 Å². The molecule has 9 heteroatoms. The summed E-state index contributed by atoms with van der Waals surface area (Å²) in [6.45, 7) is 4.80. The molecule has 1 aliphatic heterocycles. The van der Waals surface area contributed by atoms with E-state index in [1.165, 1.54) is 11.3 Å². The standard InChI is InChI=1S/C29H28Cl2N4O3/c1-19-6-4-5-7-26(19)33-12-14-34(15-13-33)29(36)27-18-25(22-10-9-21(37-2)17-28(22)38-3)32-35(27)20-8-11-23(30)24(31)16-20/h4-11,16-18H,12-15H2,1-3H3. The number of aryl methyl sites for hydroxylation is 1. The second-order valence-electron chi connectivity index (χ2n) is 9.06. The lowest BCUT2D eigenvalue weighted by atomic mass is 10.1. The van der Waals surface area contributed by atoms with Crippen molar-refractivity contribution in [2.24, 2.45) is 0 Å². The largest absolute Gasteiger partial charge is 0.497 e. The fourth-order valence-electron chi connectivity index (χ4n) is 4.72. The Morgan fingerprint density at radius 1 is 0.868 bits per heavy atom. The number of piperazine rings is 1. The number of carbonyl (C=O) groups excluding carboxylic acids is 1. The van der Waals surface area contributed by atoms with Crippen LogP contribution in [0.5, 0.6) is 11.5 Å². The first kappa shape index (κ1) is 25.9. The van der Waals surface area contributed by atoms with Crippen LogP contribution in [0.15, 0.2) is 66.7 Å². The Morgan fingerprint density at radius 2 is 1.63 bits per heavy atom. The third kappa shape index (κ3) is 5.04. The highest BCUT2D eigenvalue weighted by Gasteiger charge is 2.27. The second-order valence-corrected chi connectivity index (χ2v) is 9.87. The normalized spacial score (nSPS) is 13.5. The minimum absolute atomic E-state index is 0.105. The molecular weight excluding hydrogens is 523 g/mol. The van der Waals surface area contributed by atoms with E-state index in [0.717, 1.165) is 18.7 Å². The Kier molecular flexibility index (Phi) is 7.49. The molecular formula is C29H28Cl2N4O3. The summed E-state index contributed by atoms with van der Waals surface area (Å²) in [5, 5.41) is 5.63. The van der Waals surface area contributed by atoms with Gasteiger partial charge in [0.15, 0.2) is 0 Å². The van der Waals surface area contributed by atoms with Crippen molar-refractivity contribution in [2.45, 2.75) is 6.92 Å². The molecule has 3 aromatic carbocycles. The molecule has 4 aromatic rings. The van der Waals surface area contributed by atoms with Crippen LogP contribution in [-0.4, -0.2) is 61.0 Å². The number of methoxy groups -OCH3 is 2. The molecule has 0 atom stereocenters. The molecule has 7 nitrogen and oxygen atoms in total. The van der Waals surface area contributed by atoms with Gasteiger partial charge in [0.05, 0.1) is 35.6 Å². The Balaban J connectivity index is 1.49. The Hall–Kier alpha value is -3.68. The van der Waals surface area contributed by atoms with Crippen molar-refractivity contribution in [3.8, 4) is 28.4 Å². The summed E-state index contributed by atoms with van der Waals surface area (Å²) in [6.07, 6.45) is 0. The van der Waals surface area contributed by atoms with E-state index in [0.29, 0.717) is 51.7 Å². The van der Waals surface area contributed by atoms with Gasteiger partial charge in [0.1, 0.15) is 17.2 Å². The van der Waals surface area contributed by atoms with Gasteiger partial charge in [-0.05, 0) is 55.0 Å². The number of halogens is 2. The summed E-state index contributed by atoms with van der Waals surface area (Å²) in [6, 6.07) is 20.8. The number of amides is 1. The molecule has 1 aromatic heterocycles. The van der Waals surface area contributed by atoms with Gasteiger partial charge in [-0.2, -0.15) is 5.10 Å². The van der Waals surface area contributed by atoms with E-state index in [1.807, 2.05) is 29.2 Å². The first-order valence-corrected chi connectivity index (χ1v) is 13.0. The van der Waals surface area contributed by atoms with E-state index >= 15 is 0 Å². The van der Waals surface area contributed by atoms with Gasteiger partial charge in [-0.15, -0.1) is 0 Å². The number of carbonyl (C=O) groups is 1. The predicted molar refractivity (Wildman–Crippen MR) is 151 cm³/mol. The second kappa shape index (κ2) is 11.0. The first-order chi connectivity index (χ1) is 18.4. The van der Waals surface area contributed by atoms with Crippen LogP contribution in [0.3, 0.4) is 0 Å². The van der Waals surface area contributed by atoms with E-state index in [4.69, 9.17) is 37.8 Å². The summed E-state index contributed by atoms with van der Waals surface area (Å²) in [7, 11) is 3.19. The smallest absolute Gasteiger partial charge is 0.272 e. The highest BCUT2D eigenvalue weighted by molar-refractivity contribution is 6.42. The number of ether oxygens (including phenoxy) is 2. The number of nitrogens with zero attached hydrogens (tertiary/aromatic N) is 4. The summed E-state index contributed by atoms with van der Waals surface area (Å²) in [4.78, 5) is 18.1. The quantitative estimate of drug-likeness (QED) is 0.289. The lowest BCUT2D eigenvalue weighted by Gasteiger charge is -2.36. The molecule has 0 aliphatic carbocycles. The molecule has 2 heterocycles. The highest BCUT2D eigenvalue weighted by Crippen LogP contribution is 2.34. The maximum Gasteiger partial charge on any atom is 0.272 e. The molecule has 0 saturated carbocycles. The molecule has 0 unspecified atom stereocenters. The number of aromatic nitrogens is 2. The zero-order chi connectivity index (χ0) is 26.8. The van der Waals surface area contributed by atoms with E-state index in [1.54, 1.807) is 49.2 Å². The van der Waals surface area contributed by atoms with E-state index in [9.17, 15) is 4.79 Å². The van der Waals surface area contributed by atoms with E-state index in [-0.39, 0.29) is 5.91 Å². The van der Waals surface area contributed by atoms with Crippen molar-refractivity contribution in [1.29, 1.82) is 0 Å². The SMILES string of the molecule is COc1ccc(-c2cc(C(=O)N3CCN(c4ccccc4C)CC3)n(-c3ccc(Cl)c(Cl)c3)n2)c(OC)c1. The fraction of sp³-hybridized carbons (Fsp3) is 0.241. The van der Waals surface area contributed by atoms with Gasteiger partial charge >= 0.3 is 0 Å². The monoisotopic (exact) mass is 550 g/mol. The summed E-state index contributed by atoms with van der Waals surface area (Å²) in [5.74, 6) is 1.15. The number of hydrogen-bond acceptors (Lipinski definition) is 5. The average Bonchev–Trinajstić information content (AvgIpc) is 3.39. The maximum absolute atomic E-state index is 13.9. The lowest BCUT2D eigenvalue weighted by molar-refractivity contribution is 0.0737. The van der Waals surface area contributed by atoms with Crippen molar-refractivity contribution >= 4 is 34.8 Å². The van der Waals surface area contributed by atoms with Gasteiger partial charge < -0.3 is 19.3 Å². The molecule has 5 rings (SSSR count).